The number of halogens is 3. The quantitative estimate of drug-likeness (QED) is 0.444. The first-order chi connectivity index (χ1) is 18.9. The lowest BCUT2D eigenvalue weighted by Gasteiger charge is -2.44. The molecule has 0 spiro atoms. The lowest BCUT2D eigenvalue weighted by Crippen LogP contribution is -2.59. The van der Waals surface area contributed by atoms with Gasteiger partial charge >= 0.3 is 18.1 Å². The van der Waals surface area contributed by atoms with Gasteiger partial charge in [0, 0.05) is 18.7 Å². The van der Waals surface area contributed by atoms with Crippen molar-refractivity contribution in [3.05, 3.63) is 54.1 Å². The molecule has 1 N–H and O–H groups in total. The summed E-state index contributed by atoms with van der Waals surface area (Å²) < 4.78 is 42.7. The Morgan fingerprint density at radius 1 is 1.02 bits per heavy atom. The third kappa shape index (κ3) is 4.70. The van der Waals surface area contributed by atoms with Gasteiger partial charge in [0.2, 0.25) is 11.8 Å². The van der Waals surface area contributed by atoms with E-state index in [9.17, 15) is 27.6 Å². The van der Waals surface area contributed by atoms with E-state index in [2.05, 4.69) is 4.90 Å². The minimum Gasteiger partial charge on any atom is -0.496 e. The number of carboxylic acids is 1. The van der Waals surface area contributed by atoms with Crippen LogP contribution in [0.4, 0.5) is 13.2 Å². The molecule has 3 aliphatic heterocycles. The number of carboxylic acid groups (broad SMARTS) is 1. The molecular formula is C28H29F3N2O7. The second kappa shape index (κ2) is 10.9. The fourth-order valence-corrected chi connectivity index (χ4v) is 6.25. The van der Waals surface area contributed by atoms with Crippen molar-refractivity contribution in [1.82, 2.24) is 9.80 Å². The van der Waals surface area contributed by atoms with E-state index in [1.807, 2.05) is 48.5 Å². The molecule has 2 aromatic rings. The first-order valence-electron chi connectivity index (χ1n) is 12.6. The van der Waals surface area contributed by atoms with Crippen molar-refractivity contribution in [2.24, 2.45) is 11.8 Å². The molecule has 5 rings (SSSR count). The van der Waals surface area contributed by atoms with Gasteiger partial charge in [-0.05, 0) is 43.0 Å². The molecule has 0 radical (unpaired) electrons. The number of carbonyl (C=O) groups is 4. The van der Waals surface area contributed by atoms with E-state index in [0.717, 1.165) is 29.5 Å². The summed E-state index contributed by atoms with van der Waals surface area (Å²) in [6.45, 7) is 0.625. The van der Waals surface area contributed by atoms with E-state index < -0.39 is 41.5 Å². The molecule has 12 heteroatoms. The van der Waals surface area contributed by atoms with E-state index >= 15 is 0 Å². The number of ether oxygens (including phenoxy) is 2. The van der Waals surface area contributed by atoms with Crippen LogP contribution in [-0.4, -0.2) is 78.2 Å². The Hall–Kier alpha value is -3.93. The fraction of sp³-hybridized carbons (Fsp3) is 0.429. The third-order valence-corrected chi connectivity index (χ3v) is 7.91. The van der Waals surface area contributed by atoms with Gasteiger partial charge in [-0.1, -0.05) is 42.5 Å². The molecule has 3 aliphatic rings. The predicted molar refractivity (Wildman–Crippen MR) is 135 cm³/mol. The zero-order valence-corrected chi connectivity index (χ0v) is 22.1. The van der Waals surface area contributed by atoms with E-state index in [0.29, 0.717) is 18.7 Å². The fourth-order valence-electron chi connectivity index (χ4n) is 6.25. The summed E-state index contributed by atoms with van der Waals surface area (Å²) in [5.74, 6) is -4.40. The minimum absolute atomic E-state index is 0.237. The van der Waals surface area contributed by atoms with Crippen molar-refractivity contribution in [2.75, 3.05) is 27.8 Å². The number of carbonyl (C=O) groups excluding carboxylic acids is 3. The van der Waals surface area contributed by atoms with Crippen LogP contribution in [0.3, 0.4) is 0 Å². The molecule has 3 saturated heterocycles. The molecule has 0 saturated carbocycles. The van der Waals surface area contributed by atoms with Crippen LogP contribution < -0.4 is 4.74 Å². The topological polar surface area (TPSA) is 113 Å². The lowest BCUT2D eigenvalue weighted by atomic mass is 9.75. The molecule has 0 bridgehead atoms. The average Bonchev–Trinajstić information content (AvgIpc) is 3.38. The smallest absolute Gasteiger partial charge is 0.490 e. The van der Waals surface area contributed by atoms with Gasteiger partial charge in [-0.25, -0.2) is 4.79 Å². The van der Waals surface area contributed by atoms with E-state index in [-0.39, 0.29) is 11.8 Å². The van der Waals surface area contributed by atoms with Crippen LogP contribution in [0.2, 0.25) is 0 Å². The van der Waals surface area contributed by atoms with Crippen molar-refractivity contribution in [1.29, 1.82) is 0 Å². The van der Waals surface area contributed by atoms with Crippen LogP contribution in [-0.2, 0) is 23.9 Å². The average molecular weight is 563 g/mol. The first kappa shape index (κ1) is 29.1. The molecule has 3 heterocycles. The van der Waals surface area contributed by atoms with E-state index in [1.165, 1.54) is 19.1 Å². The van der Waals surface area contributed by atoms with Gasteiger partial charge in [-0.3, -0.25) is 24.2 Å². The summed E-state index contributed by atoms with van der Waals surface area (Å²) in [6, 6.07) is 15.5. The second-order valence-corrected chi connectivity index (χ2v) is 9.88. The maximum absolute atomic E-state index is 13.3. The zero-order chi connectivity index (χ0) is 29.4. The molecular weight excluding hydrogens is 533 g/mol. The van der Waals surface area contributed by atoms with Crippen molar-refractivity contribution in [2.45, 2.75) is 37.0 Å². The number of amides is 2. The summed E-state index contributed by atoms with van der Waals surface area (Å²) in [6.07, 6.45) is -2.88. The summed E-state index contributed by atoms with van der Waals surface area (Å²) in [5, 5.41) is 7.12. The Bertz CT molecular complexity index is 1320. The molecule has 3 unspecified atom stereocenters. The van der Waals surface area contributed by atoms with Crippen molar-refractivity contribution in [3.8, 4) is 16.9 Å². The van der Waals surface area contributed by atoms with Crippen molar-refractivity contribution in [3.63, 3.8) is 0 Å². The van der Waals surface area contributed by atoms with Gasteiger partial charge in [-0.2, -0.15) is 13.2 Å². The third-order valence-electron chi connectivity index (χ3n) is 7.91. The molecule has 0 aliphatic carbocycles. The highest BCUT2D eigenvalue weighted by Gasteiger charge is 2.72. The van der Waals surface area contributed by atoms with E-state index in [4.69, 9.17) is 19.4 Å². The molecule has 2 aromatic carbocycles. The highest BCUT2D eigenvalue weighted by Crippen LogP contribution is 2.58. The standard InChI is InChI=1S/C26H28N2O5.C2HF3O2/c1-27-23(29)20-21(24(27)30)26(25(31)33-3)13-7-8-14-28(26)22(20)17-11-12-18(19(15-17)32-2)16-9-5-4-6-10-16;3-2(4,5)1(6)7/h4-6,9-12,15,20-22H,7-8,13-14H2,1-3H3;(H,6,7)/t20?,21?,22?,26-;/m0./s1. The Balaban J connectivity index is 0.000000470. The molecule has 40 heavy (non-hydrogen) atoms. The number of methoxy groups -OCH3 is 2. The number of hydrogen-bond donors (Lipinski definition) is 1. The first-order valence-corrected chi connectivity index (χ1v) is 12.6. The number of piperidine rings is 1. The number of esters is 1. The van der Waals surface area contributed by atoms with Gasteiger partial charge in [0.25, 0.3) is 0 Å². The number of aliphatic carboxylic acids is 1. The summed E-state index contributed by atoms with van der Waals surface area (Å²) in [4.78, 5) is 52.0. The summed E-state index contributed by atoms with van der Waals surface area (Å²) >= 11 is 0. The minimum atomic E-state index is -5.08. The normalized spacial score (nSPS) is 25.9. The van der Waals surface area contributed by atoms with Crippen LogP contribution in [0.15, 0.2) is 48.5 Å². The van der Waals surface area contributed by atoms with Crippen LogP contribution in [0.25, 0.3) is 11.1 Å². The number of nitrogens with zero attached hydrogens (tertiary/aromatic N) is 2. The van der Waals surface area contributed by atoms with Gasteiger partial charge in [0.1, 0.15) is 11.3 Å². The van der Waals surface area contributed by atoms with Crippen LogP contribution in [0.5, 0.6) is 5.75 Å². The summed E-state index contributed by atoms with van der Waals surface area (Å²) in [7, 11) is 4.49. The number of rotatable bonds is 4. The Kier molecular flexibility index (Phi) is 7.93. The number of imide groups is 1. The molecule has 4 atom stereocenters. The molecule has 214 valence electrons. The number of likely N-dealkylation sites (tertiary alicyclic amines) is 1. The number of fused-ring (bicyclic) bond motifs is 3. The van der Waals surface area contributed by atoms with Crippen molar-refractivity contribution >= 4 is 23.8 Å². The SMILES string of the molecule is COC(=O)[C@@]12CCCCN1C(c1ccc(-c3ccccc3)c(OC)c1)C1C(=O)N(C)C(=O)C12.O=C(O)C(F)(F)F. The second-order valence-electron chi connectivity index (χ2n) is 9.88. The van der Waals surface area contributed by atoms with Gasteiger partial charge in [-0.15, -0.1) is 0 Å². The molecule has 2 amide bonds. The highest BCUT2D eigenvalue weighted by atomic mass is 19.4. The van der Waals surface area contributed by atoms with Gasteiger partial charge in [0.15, 0.2) is 0 Å². The van der Waals surface area contributed by atoms with Crippen LogP contribution >= 0.6 is 0 Å². The zero-order valence-electron chi connectivity index (χ0n) is 22.1. The summed E-state index contributed by atoms with van der Waals surface area (Å²) in [5.41, 5.74) is 1.72. The molecule has 9 nitrogen and oxygen atoms in total. The van der Waals surface area contributed by atoms with Crippen LogP contribution in [0.1, 0.15) is 30.9 Å². The Morgan fingerprint density at radius 3 is 2.25 bits per heavy atom. The van der Waals surface area contributed by atoms with Gasteiger partial charge < -0.3 is 14.6 Å². The van der Waals surface area contributed by atoms with Crippen molar-refractivity contribution < 1.29 is 46.9 Å². The lowest BCUT2D eigenvalue weighted by molar-refractivity contribution is -0.192. The number of benzene rings is 2. The van der Waals surface area contributed by atoms with E-state index in [1.54, 1.807) is 7.11 Å². The monoisotopic (exact) mass is 562 g/mol. The number of alkyl halides is 3. The van der Waals surface area contributed by atoms with Crippen LogP contribution in [0, 0.1) is 11.8 Å². The maximum Gasteiger partial charge on any atom is 0.490 e. The van der Waals surface area contributed by atoms with Gasteiger partial charge in [0.05, 0.1) is 26.1 Å². The maximum atomic E-state index is 13.3. The molecule has 0 aromatic heterocycles. The largest absolute Gasteiger partial charge is 0.496 e. The number of hydrogen-bond acceptors (Lipinski definition) is 7. The molecule has 3 fully saturated rings. The Morgan fingerprint density at radius 2 is 1.68 bits per heavy atom. The predicted octanol–water partition coefficient (Wildman–Crippen LogP) is 3.68. The Labute approximate surface area is 228 Å². The highest BCUT2D eigenvalue weighted by molar-refractivity contribution is 6.09.